The number of nitrogens with two attached hydrogens (primary N) is 1. The van der Waals surface area contributed by atoms with Gasteiger partial charge in [0, 0.05) is 24.9 Å². The molecule has 0 aliphatic heterocycles. The summed E-state index contributed by atoms with van der Waals surface area (Å²) < 4.78 is 19.9. The minimum atomic E-state index is -0.422. The minimum absolute atomic E-state index is 0.328. The molecule has 1 heterocycles. The molecular formula is C10H10FN3O. The van der Waals surface area contributed by atoms with Crippen LogP contribution in [-0.4, -0.2) is 9.78 Å². The van der Waals surface area contributed by atoms with Crippen molar-refractivity contribution in [1.82, 2.24) is 9.78 Å². The molecule has 1 aromatic carbocycles. The molecule has 0 aliphatic carbocycles. The van der Waals surface area contributed by atoms with Crippen LogP contribution in [0, 0.1) is 5.82 Å². The van der Waals surface area contributed by atoms with Gasteiger partial charge in [-0.1, -0.05) is 0 Å². The highest BCUT2D eigenvalue weighted by Gasteiger charge is 2.02. The number of hydrogen-bond donors (Lipinski definition) is 1. The van der Waals surface area contributed by atoms with Crippen LogP contribution in [0.3, 0.4) is 0 Å². The molecule has 0 saturated heterocycles. The lowest BCUT2D eigenvalue weighted by Crippen LogP contribution is -1.89. The average molecular weight is 207 g/mol. The molecule has 1 aromatic heterocycles. The molecule has 4 nitrogen and oxygen atoms in total. The van der Waals surface area contributed by atoms with Crippen LogP contribution in [0.4, 0.5) is 10.1 Å². The number of aromatic nitrogens is 2. The van der Waals surface area contributed by atoms with Crippen molar-refractivity contribution in [2.75, 3.05) is 5.73 Å². The van der Waals surface area contributed by atoms with E-state index in [-0.39, 0.29) is 0 Å². The van der Waals surface area contributed by atoms with Crippen LogP contribution in [0.15, 0.2) is 30.6 Å². The Labute approximate surface area is 86.1 Å². The van der Waals surface area contributed by atoms with Crippen LogP contribution < -0.4 is 10.5 Å². The van der Waals surface area contributed by atoms with Crippen molar-refractivity contribution in [1.29, 1.82) is 0 Å². The maximum Gasteiger partial charge on any atom is 0.165 e. The molecule has 0 aliphatic rings. The third-order valence-electron chi connectivity index (χ3n) is 1.81. The molecular weight excluding hydrogens is 197 g/mol. The van der Waals surface area contributed by atoms with Gasteiger partial charge in [0.15, 0.2) is 5.75 Å². The average Bonchev–Trinajstić information content (AvgIpc) is 2.49. The van der Waals surface area contributed by atoms with E-state index in [9.17, 15) is 4.39 Å². The number of nitrogen functional groups attached to an aromatic ring is 1. The molecule has 0 unspecified atom stereocenters. The highest BCUT2D eigenvalue weighted by Crippen LogP contribution is 2.23. The number of rotatable bonds is 2. The van der Waals surface area contributed by atoms with E-state index < -0.39 is 5.82 Å². The standard InChI is InChI=1S/C10H10FN3O/c1-14-6-10(5-13-14)15-9-3-7(11)2-8(12)4-9/h2-6H,12H2,1H3. The van der Waals surface area contributed by atoms with Crippen LogP contribution >= 0.6 is 0 Å². The predicted octanol–water partition coefficient (Wildman–Crippen LogP) is 1.93. The normalized spacial score (nSPS) is 10.3. The Balaban J connectivity index is 2.24. The molecule has 2 N–H and O–H groups in total. The van der Waals surface area contributed by atoms with Crippen molar-refractivity contribution in [2.45, 2.75) is 0 Å². The Hall–Kier alpha value is -2.04. The summed E-state index contributed by atoms with van der Waals surface area (Å²) in [6.07, 6.45) is 3.22. The zero-order valence-electron chi connectivity index (χ0n) is 8.14. The lowest BCUT2D eigenvalue weighted by atomic mass is 10.3. The molecule has 78 valence electrons. The molecule has 0 saturated carbocycles. The van der Waals surface area contributed by atoms with Gasteiger partial charge in [0.05, 0.1) is 12.4 Å². The van der Waals surface area contributed by atoms with E-state index in [0.29, 0.717) is 17.2 Å². The first-order valence-electron chi connectivity index (χ1n) is 4.36. The molecule has 0 radical (unpaired) electrons. The van der Waals surface area contributed by atoms with Crippen LogP contribution in [0.25, 0.3) is 0 Å². The highest BCUT2D eigenvalue weighted by atomic mass is 19.1. The highest BCUT2D eigenvalue weighted by molar-refractivity contribution is 5.45. The van der Waals surface area contributed by atoms with Gasteiger partial charge in [0.2, 0.25) is 0 Å². The van der Waals surface area contributed by atoms with Crippen LogP contribution in [-0.2, 0) is 7.05 Å². The Bertz CT molecular complexity index is 461. The summed E-state index contributed by atoms with van der Waals surface area (Å²) >= 11 is 0. The molecule has 0 amide bonds. The number of aryl methyl sites for hydroxylation is 1. The van der Waals surface area contributed by atoms with Gasteiger partial charge in [0.1, 0.15) is 11.6 Å². The third kappa shape index (κ3) is 2.25. The van der Waals surface area contributed by atoms with Crippen LogP contribution in [0.1, 0.15) is 0 Å². The fourth-order valence-corrected chi connectivity index (χ4v) is 1.23. The topological polar surface area (TPSA) is 53.1 Å². The van der Waals surface area contributed by atoms with Gasteiger partial charge < -0.3 is 10.5 Å². The van der Waals surface area contributed by atoms with Crippen molar-refractivity contribution in [3.63, 3.8) is 0 Å². The lowest BCUT2D eigenvalue weighted by Gasteiger charge is -2.03. The number of hydrogen-bond acceptors (Lipinski definition) is 3. The lowest BCUT2D eigenvalue weighted by molar-refractivity contribution is 0.476. The molecule has 0 fully saturated rings. The molecule has 5 heteroatoms. The van der Waals surface area contributed by atoms with Gasteiger partial charge in [-0.3, -0.25) is 4.68 Å². The van der Waals surface area contributed by atoms with Crippen molar-refractivity contribution in [3.8, 4) is 11.5 Å². The zero-order valence-corrected chi connectivity index (χ0v) is 8.14. The first kappa shape index (κ1) is 9.51. The number of benzene rings is 1. The quantitative estimate of drug-likeness (QED) is 0.765. The zero-order chi connectivity index (χ0) is 10.8. The van der Waals surface area contributed by atoms with E-state index >= 15 is 0 Å². The number of nitrogens with zero attached hydrogens (tertiary/aromatic N) is 2. The summed E-state index contributed by atoms with van der Waals surface area (Å²) in [7, 11) is 1.77. The number of anilines is 1. The van der Waals surface area contributed by atoms with Crippen molar-refractivity contribution < 1.29 is 9.13 Å². The molecule has 0 bridgehead atoms. The maximum atomic E-state index is 13.0. The van der Waals surface area contributed by atoms with Gasteiger partial charge >= 0.3 is 0 Å². The predicted molar refractivity (Wildman–Crippen MR) is 54.1 cm³/mol. The van der Waals surface area contributed by atoms with E-state index in [1.807, 2.05) is 0 Å². The molecule has 2 aromatic rings. The Morgan fingerprint density at radius 3 is 2.73 bits per heavy atom. The van der Waals surface area contributed by atoms with Crippen LogP contribution in [0.5, 0.6) is 11.5 Å². The van der Waals surface area contributed by atoms with Crippen molar-refractivity contribution in [3.05, 3.63) is 36.4 Å². The van der Waals surface area contributed by atoms with Gasteiger partial charge in [-0.05, 0) is 6.07 Å². The fourth-order valence-electron chi connectivity index (χ4n) is 1.23. The summed E-state index contributed by atoms with van der Waals surface area (Å²) in [4.78, 5) is 0. The van der Waals surface area contributed by atoms with E-state index in [4.69, 9.17) is 10.5 Å². The second kappa shape index (κ2) is 3.61. The molecule has 0 spiro atoms. The molecule has 2 rings (SSSR count). The Kier molecular flexibility index (Phi) is 2.29. The molecule has 0 atom stereocenters. The molecule has 15 heavy (non-hydrogen) atoms. The van der Waals surface area contributed by atoms with Gasteiger partial charge in [-0.15, -0.1) is 0 Å². The summed E-state index contributed by atoms with van der Waals surface area (Å²) in [6, 6.07) is 4.05. The smallest absolute Gasteiger partial charge is 0.165 e. The second-order valence-corrected chi connectivity index (χ2v) is 3.17. The van der Waals surface area contributed by atoms with Crippen LogP contribution in [0.2, 0.25) is 0 Å². The second-order valence-electron chi connectivity index (χ2n) is 3.17. The van der Waals surface area contributed by atoms with E-state index in [0.717, 1.165) is 0 Å². The van der Waals surface area contributed by atoms with E-state index in [1.54, 1.807) is 30.2 Å². The minimum Gasteiger partial charge on any atom is -0.454 e. The van der Waals surface area contributed by atoms with E-state index in [1.165, 1.54) is 12.1 Å². The number of halogens is 1. The monoisotopic (exact) mass is 207 g/mol. The maximum absolute atomic E-state index is 13.0. The summed E-state index contributed by atoms with van der Waals surface area (Å²) in [5.74, 6) is 0.483. The Morgan fingerprint density at radius 2 is 2.13 bits per heavy atom. The SMILES string of the molecule is Cn1cc(Oc2cc(N)cc(F)c2)cn1. The van der Waals surface area contributed by atoms with Gasteiger partial charge in [-0.2, -0.15) is 5.10 Å². The van der Waals surface area contributed by atoms with Crippen molar-refractivity contribution in [2.24, 2.45) is 7.05 Å². The summed E-state index contributed by atoms with van der Waals surface area (Å²) in [6.45, 7) is 0. The van der Waals surface area contributed by atoms with Gasteiger partial charge in [0.25, 0.3) is 0 Å². The first-order valence-corrected chi connectivity index (χ1v) is 4.36. The largest absolute Gasteiger partial charge is 0.454 e. The fraction of sp³-hybridized carbons (Fsp3) is 0.100. The first-order chi connectivity index (χ1) is 7.13. The third-order valence-corrected chi connectivity index (χ3v) is 1.81. The van der Waals surface area contributed by atoms with Gasteiger partial charge in [-0.25, -0.2) is 4.39 Å². The van der Waals surface area contributed by atoms with E-state index in [2.05, 4.69) is 5.10 Å². The summed E-state index contributed by atoms with van der Waals surface area (Å²) in [5.41, 5.74) is 5.81. The Morgan fingerprint density at radius 1 is 1.33 bits per heavy atom. The summed E-state index contributed by atoms with van der Waals surface area (Å²) in [5, 5.41) is 3.92. The van der Waals surface area contributed by atoms with Crippen molar-refractivity contribution >= 4 is 5.69 Å². The number of ether oxygens (including phenoxy) is 1.